The van der Waals surface area contributed by atoms with Crippen molar-refractivity contribution in [2.75, 3.05) is 0 Å². The first kappa shape index (κ1) is 14.4. The molecule has 2 atom stereocenters. The van der Waals surface area contributed by atoms with Gasteiger partial charge in [0, 0.05) is 6.04 Å². The lowest BCUT2D eigenvalue weighted by Gasteiger charge is -2.23. The molecule has 3 nitrogen and oxygen atoms in total. The second-order valence-corrected chi connectivity index (χ2v) is 5.00. The number of nitrogens with one attached hydrogen (secondary N) is 1. The average Bonchev–Trinajstić information content (AvgIpc) is 2.11. The molecule has 0 saturated heterocycles. The summed E-state index contributed by atoms with van der Waals surface area (Å²) in [6.45, 7) is 10.5. The van der Waals surface area contributed by atoms with Gasteiger partial charge >= 0.3 is 0 Å². The van der Waals surface area contributed by atoms with Crippen molar-refractivity contribution in [1.82, 2.24) is 5.32 Å². The molecule has 0 aromatic rings. The van der Waals surface area contributed by atoms with Gasteiger partial charge in [-0.3, -0.25) is 4.79 Å². The Morgan fingerprint density at radius 3 is 2.13 bits per heavy atom. The molecule has 0 radical (unpaired) electrons. The molecule has 0 aliphatic heterocycles. The molecule has 90 valence electrons. The third kappa shape index (κ3) is 5.78. The van der Waals surface area contributed by atoms with Crippen molar-refractivity contribution in [3.05, 3.63) is 0 Å². The van der Waals surface area contributed by atoms with Gasteiger partial charge in [0.2, 0.25) is 5.91 Å². The van der Waals surface area contributed by atoms with Gasteiger partial charge < -0.3 is 11.1 Å². The molecule has 0 aromatic heterocycles. The average molecular weight is 214 g/mol. The molecule has 3 heteroatoms. The monoisotopic (exact) mass is 214 g/mol. The van der Waals surface area contributed by atoms with Crippen LogP contribution in [0.25, 0.3) is 0 Å². The number of nitrogens with two attached hydrogens (primary N) is 1. The maximum atomic E-state index is 11.7. The van der Waals surface area contributed by atoms with E-state index < -0.39 is 0 Å². The number of amides is 1. The number of rotatable bonds is 6. The zero-order chi connectivity index (χ0) is 12.0. The van der Waals surface area contributed by atoms with Crippen molar-refractivity contribution >= 4 is 5.91 Å². The maximum Gasteiger partial charge on any atom is 0.237 e. The fraction of sp³-hybridized carbons (Fsp3) is 0.917. The minimum atomic E-state index is -0.363. The van der Waals surface area contributed by atoms with Gasteiger partial charge in [0.05, 0.1) is 6.04 Å². The van der Waals surface area contributed by atoms with Crippen LogP contribution in [-0.4, -0.2) is 18.0 Å². The first-order chi connectivity index (χ1) is 6.88. The van der Waals surface area contributed by atoms with E-state index in [0.29, 0.717) is 11.8 Å². The molecule has 0 bridgehead atoms. The van der Waals surface area contributed by atoms with E-state index in [1.165, 1.54) is 0 Å². The van der Waals surface area contributed by atoms with E-state index >= 15 is 0 Å². The van der Waals surface area contributed by atoms with E-state index in [-0.39, 0.29) is 18.0 Å². The van der Waals surface area contributed by atoms with Gasteiger partial charge in [-0.15, -0.1) is 0 Å². The fourth-order valence-corrected chi connectivity index (χ4v) is 1.64. The van der Waals surface area contributed by atoms with Crippen molar-refractivity contribution in [2.45, 2.75) is 59.5 Å². The number of hydrogen-bond donors (Lipinski definition) is 2. The molecule has 3 N–H and O–H groups in total. The van der Waals surface area contributed by atoms with Gasteiger partial charge in [0.1, 0.15) is 0 Å². The highest BCUT2D eigenvalue weighted by molar-refractivity contribution is 5.81. The Bertz CT molecular complexity index is 190. The predicted octanol–water partition coefficient (Wildman–Crippen LogP) is 1.91. The minimum Gasteiger partial charge on any atom is -0.352 e. The molecular formula is C12H26N2O. The Morgan fingerprint density at radius 2 is 1.80 bits per heavy atom. The third-order valence-electron chi connectivity index (χ3n) is 2.63. The Kier molecular flexibility index (Phi) is 6.57. The third-order valence-corrected chi connectivity index (χ3v) is 2.63. The van der Waals surface area contributed by atoms with Gasteiger partial charge in [0.25, 0.3) is 0 Å². The van der Waals surface area contributed by atoms with E-state index in [9.17, 15) is 4.79 Å². The van der Waals surface area contributed by atoms with Crippen LogP contribution in [0.5, 0.6) is 0 Å². The van der Waals surface area contributed by atoms with Gasteiger partial charge in [-0.05, 0) is 24.7 Å². The fourth-order valence-electron chi connectivity index (χ4n) is 1.64. The highest BCUT2D eigenvalue weighted by atomic mass is 16.2. The molecule has 1 unspecified atom stereocenters. The highest BCUT2D eigenvalue weighted by Gasteiger charge is 2.19. The summed E-state index contributed by atoms with van der Waals surface area (Å²) in [6.07, 6.45) is 1.71. The summed E-state index contributed by atoms with van der Waals surface area (Å²) >= 11 is 0. The van der Waals surface area contributed by atoms with Crippen molar-refractivity contribution in [3.8, 4) is 0 Å². The summed E-state index contributed by atoms with van der Waals surface area (Å²) in [7, 11) is 0. The van der Waals surface area contributed by atoms with E-state index in [1.54, 1.807) is 0 Å². The molecule has 0 saturated carbocycles. The standard InChI is InChI=1S/C12H26N2O/c1-6-11(9(4)5)14-12(15)10(13)7-8(2)3/h8-11H,6-7,13H2,1-5H3,(H,14,15)/t10-,11?/m1/s1. The molecule has 0 aromatic carbocycles. The normalized spacial score (nSPS) is 15.5. The van der Waals surface area contributed by atoms with Gasteiger partial charge in [0.15, 0.2) is 0 Å². The van der Waals surface area contributed by atoms with E-state index in [1.807, 2.05) is 0 Å². The zero-order valence-corrected chi connectivity index (χ0v) is 10.7. The highest BCUT2D eigenvalue weighted by Crippen LogP contribution is 2.07. The van der Waals surface area contributed by atoms with Crippen LogP contribution in [0.15, 0.2) is 0 Å². The van der Waals surface area contributed by atoms with Crippen LogP contribution in [0.4, 0.5) is 0 Å². The maximum absolute atomic E-state index is 11.7. The lowest BCUT2D eigenvalue weighted by atomic mass is 9.99. The molecule has 15 heavy (non-hydrogen) atoms. The largest absolute Gasteiger partial charge is 0.352 e. The summed E-state index contributed by atoms with van der Waals surface area (Å²) in [4.78, 5) is 11.7. The van der Waals surface area contributed by atoms with Crippen LogP contribution in [0.3, 0.4) is 0 Å². The Balaban J connectivity index is 4.10. The summed E-state index contributed by atoms with van der Waals surface area (Å²) in [6, 6.07) is -0.117. The number of carbonyl (C=O) groups is 1. The Labute approximate surface area is 93.8 Å². The van der Waals surface area contributed by atoms with Gasteiger partial charge in [-0.2, -0.15) is 0 Å². The molecule has 0 spiro atoms. The van der Waals surface area contributed by atoms with E-state index in [0.717, 1.165) is 12.8 Å². The molecule has 0 rings (SSSR count). The lowest BCUT2D eigenvalue weighted by molar-refractivity contribution is -0.123. The SMILES string of the molecule is CCC(NC(=O)[C@H](N)CC(C)C)C(C)C. The van der Waals surface area contributed by atoms with Crippen LogP contribution in [0.1, 0.15) is 47.5 Å². The summed E-state index contributed by atoms with van der Waals surface area (Å²) in [5.41, 5.74) is 5.81. The number of hydrogen-bond acceptors (Lipinski definition) is 2. The Hall–Kier alpha value is -0.570. The second-order valence-electron chi connectivity index (χ2n) is 5.00. The predicted molar refractivity (Wildman–Crippen MR) is 64.5 cm³/mol. The van der Waals surface area contributed by atoms with Crippen LogP contribution in [-0.2, 0) is 4.79 Å². The smallest absolute Gasteiger partial charge is 0.237 e. The first-order valence-corrected chi connectivity index (χ1v) is 5.94. The molecule has 0 fully saturated rings. The topological polar surface area (TPSA) is 55.1 Å². The van der Waals surface area contributed by atoms with E-state index in [4.69, 9.17) is 5.73 Å². The molecule has 0 aliphatic rings. The van der Waals surface area contributed by atoms with Gasteiger partial charge in [-0.25, -0.2) is 0 Å². The molecular weight excluding hydrogens is 188 g/mol. The first-order valence-electron chi connectivity index (χ1n) is 5.94. The molecule has 1 amide bonds. The van der Waals surface area contributed by atoms with E-state index in [2.05, 4.69) is 39.9 Å². The van der Waals surface area contributed by atoms with Crippen LogP contribution in [0, 0.1) is 11.8 Å². The Morgan fingerprint density at radius 1 is 1.27 bits per heavy atom. The zero-order valence-electron chi connectivity index (χ0n) is 10.7. The van der Waals surface area contributed by atoms with Crippen molar-refractivity contribution in [2.24, 2.45) is 17.6 Å². The minimum absolute atomic E-state index is 0.00995. The summed E-state index contributed by atoms with van der Waals surface area (Å²) in [5.74, 6) is 0.916. The van der Waals surface area contributed by atoms with Crippen LogP contribution < -0.4 is 11.1 Å². The van der Waals surface area contributed by atoms with Crippen molar-refractivity contribution < 1.29 is 4.79 Å². The quantitative estimate of drug-likeness (QED) is 0.709. The molecule has 0 aliphatic carbocycles. The van der Waals surface area contributed by atoms with Crippen molar-refractivity contribution in [3.63, 3.8) is 0 Å². The number of carbonyl (C=O) groups excluding carboxylic acids is 1. The summed E-state index contributed by atoms with van der Waals surface area (Å²) < 4.78 is 0. The lowest BCUT2D eigenvalue weighted by Crippen LogP contribution is -2.47. The summed E-state index contributed by atoms with van der Waals surface area (Å²) in [5, 5.41) is 3.01. The molecule has 0 heterocycles. The van der Waals surface area contributed by atoms with Crippen molar-refractivity contribution in [1.29, 1.82) is 0 Å². The van der Waals surface area contributed by atoms with Crippen LogP contribution in [0.2, 0.25) is 0 Å². The van der Waals surface area contributed by atoms with Gasteiger partial charge in [-0.1, -0.05) is 34.6 Å². The van der Waals surface area contributed by atoms with Crippen LogP contribution >= 0.6 is 0 Å². The second kappa shape index (κ2) is 6.83.